The number of pyridine rings is 2. The summed E-state index contributed by atoms with van der Waals surface area (Å²) < 4.78 is 7.38. The molecule has 0 unspecified atom stereocenters. The van der Waals surface area contributed by atoms with Crippen LogP contribution in [0.1, 0.15) is 23.2 Å². The molecule has 140 valence electrons. The predicted molar refractivity (Wildman–Crippen MR) is 109 cm³/mol. The second-order valence-corrected chi connectivity index (χ2v) is 7.21. The van der Waals surface area contributed by atoms with Crippen molar-refractivity contribution in [3.8, 4) is 11.4 Å². The molecule has 1 N–H and O–H groups in total. The van der Waals surface area contributed by atoms with Crippen molar-refractivity contribution >= 4 is 5.57 Å². The Kier molecular flexibility index (Phi) is 4.29. The normalized spacial score (nSPS) is 15.3. The Labute approximate surface area is 163 Å². The highest BCUT2D eigenvalue weighted by atomic mass is 16.5. The number of nitrogens with one attached hydrogen (secondary N) is 1. The van der Waals surface area contributed by atoms with Crippen LogP contribution in [0.2, 0.25) is 0 Å². The highest BCUT2D eigenvalue weighted by Crippen LogP contribution is 2.36. The summed E-state index contributed by atoms with van der Waals surface area (Å²) in [6.07, 6.45) is 5.62. The number of ether oxygens (including phenoxy) is 1. The second kappa shape index (κ2) is 7.09. The van der Waals surface area contributed by atoms with E-state index in [4.69, 9.17) is 4.74 Å². The van der Waals surface area contributed by atoms with Crippen molar-refractivity contribution < 1.29 is 4.74 Å². The van der Waals surface area contributed by atoms with E-state index in [9.17, 15) is 4.79 Å². The van der Waals surface area contributed by atoms with Crippen LogP contribution in [-0.2, 0) is 13.0 Å². The fraction of sp³-hybridized carbons (Fsp3) is 0.217. The van der Waals surface area contributed by atoms with Gasteiger partial charge in [-0.25, -0.2) is 0 Å². The molecule has 1 aliphatic heterocycles. The quantitative estimate of drug-likeness (QED) is 0.766. The lowest BCUT2D eigenvalue weighted by Gasteiger charge is -2.15. The number of nitrogens with zero attached hydrogens (tertiary/aromatic N) is 2. The van der Waals surface area contributed by atoms with Crippen LogP contribution in [0.4, 0.5) is 0 Å². The van der Waals surface area contributed by atoms with E-state index in [2.05, 4.69) is 22.4 Å². The van der Waals surface area contributed by atoms with Crippen molar-refractivity contribution in [3.63, 3.8) is 0 Å². The van der Waals surface area contributed by atoms with E-state index in [0.29, 0.717) is 12.4 Å². The molecule has 0 atom stereocenters. The minimum Gasteiger partial charge on any atom is -0.487 e. The Morgan fingerprint density at radius 2 is 2.11 bits per heavy atom. The van der Waals surface area contributed by atoms with Gasteiger partial charge >= 0.3 is 0 Å². The molecule has 5 rings (SSSR count). The number of hydrogen-bond donors (Lipinski definition) is 1. The lowest BCUT2D eigenvalue weighted by molar-refractivity contribution is 0.300. The molecule has 3 aromatic rings. The first kappa shape index (κ1) is 17.0. The fourth-order valence-electron chi connectivity index (χ4n) is 4.01. The van der Waals surface area contributed by atoms with Gasteiger partial charge in [-0.1, -0.05) is 17.7 Å². The molecule has 2 aromatic heterocycles. The molecule has 3 heterocycles. The maximum atomic E-state index is 12.6. The van der Waals surface area contributed by atoms with Crippen molar-refractivity contribution in [1.29, 1.82) is 0 Å². The van der Waals surface area contributed by atoms with Gasteiger partial charge in [0, 0.05) is 30.7 Å². The standard InChI is InChI=1S/C23H21N3O2/c27-23-13-20(28-15-18-3-1-2-8-25-18)7-10-26(23)19-4-5-21-17(12-19)11-16-6-9-24-14-22(16)21/h1-5,7-8,10,12-13,24H,6,9,11,14-15H2. The van der Waals surface area contributed by atoms with Crippen LogP contribution in [-0.4, -0.2) is 22.6 Å². The van der Waals surface area contributed by atoms with E-state index in [1.165, 1.54) is 28.3 Å². The van der Waals surface area contributed by atoms with Crippen LogP contribution in [0.3, 0.4) is 0 Å². The van der Waals surface area contributed by atoms with Crippen molar-refractivity contribution in [2.45, 2.75) is 19.4 Å². The molecule has 0 radical (unpaired) electrons. The first-order valence-corrected chi connectivity index (χ1v) is 9.59. The summed E-state index contributed by atoms with van der Waals surface area (Å²) in [4.78, 5) is 16.9. The molecule has 0 fully saturated rings. The van der Waals surface area contributed by atoms with Gasteiger partial charge in [0.05, 0.1) is 5.69 Å². The largest absolute Gasteiger partial charge is 0.487 e. The number of fused-ring (bicyclic) bond motifs is 2. The maximum absolute atomic E-state index is 12.6. The number of rotatable bonds is 4. The molecular formula is C23H21N3O2. The third kappa shape index (κ3) is 3.14. The van der Waals surface area contributed by atoms with Gasteiger partial charge in [0.1, 0.15) is 12.4 Å². The predicted octanol–water partition coefficient (Wildman–Crippen LogP) is 3.11. The molecule has 0 spiro atoms. The minimum absolute atomic E-state index is 0.101. The van der Waals surface area contributed by atoms with Crippen molar-refractivity contribution in [2.75, 3.05) is 13.1 Å². The SMILES string of the molecule is O=c1cc(OCc2ccccn2)ccn1-c1ccc2c(c1)CC1=C2CNCC1. The van der Waals surface area contributed by atoms with Gasteiger partial charge in [-0.3, -0.25) is 14.3 Å². The van der Waals surface area contributed by atoms with Crippen LogP contribution < -0.4 is 15.6 Å². The minimum atomic E-state index is -0.101. The molecule has 2 aliphatic rings. The third-order valence-corrected chi connectivity index (χ3v) is 5.43. The van der Waals surface area contributed by atoms with Crippen LogP contribution >= 0.6 is 0 Å². The molecule has 1 aromatic carbocycles. The van der Waals surface area contributed by atoms with E-state index >= 15 is 0 Å². The van der Waals surface area contributed by atoms with E-state index < -0.39 is 0 Å². The van der Waals surface area contributed by atoms with Crippen LogP contribution in [0.15, 0.2) is 71.3 Å². The van der Waals surface area contributed by atoms with Crippen LogP contribution in [0, 0.1) is 0 Å². The van der Waals surface area contributed by atoms with Gasteiger partial charge in [0.15, 0.2) is 0 Å². The Bertz CT molecular complexity index is 1120. The monoisotopic (exact) mass is 371 g/mol. The summed E-state index contributed by atoms with van der Waals surface area (Å²) in [7, 11) is 0. The Balaban J connectivity index is 1.37. The topological polar surface area (TPSA) is 56.1 Å². The lowest BCUT2D eigenvalue weighted by atomic mass is 10.0. The molecular weight excluding hydrogens is 350 g/mol. The van der Waals surface area contributed by atoms with E-state index in [1.807, 2.05) is 30.3 Å². The summed E-state index contributed by atoms with van der Waals surface area (Å²) in [5.41, 5.74) is 7.25. The van der Waals surface area contributed by atoms with E-state index in [1.54, 1.807) is 17.0 Å². The summed E-state index contributed by atoms with van der Waals surface area (Å²) in [5, 5.41) is 3.45. The van der Waals surface area contributed by atoms with E-state index in [-0.39, 0.29) is 5.56 Å². The Hall–Kier alpha value is -3.18. The van der Waals surface area contributed by atoms with Gasteiger partial charge in [-0.05, 0) is 66.4 Å². The smallest absolute Gasteiger partial charge is 0.258 e. The van der Waals surface area contributed by atoms with Gasteiger partial charge in [-0.2, -0.15) is 0 Å². The molecule has 0 bridgehead atoms. The first-order chi connectivity index (χ1) is 13.8. The number of aromatic nitrogens is 2. The van der Waals surface area contributed by atoms with Gasteiger partial charge in [0.2, 0.25) is 0 Å². The van der Waals surface area contributed by atoms with Crippen LogP contribution in [0.5, 0.6) is 5.75 Å². The number of benzene rings is 1. The number of hydrogen-bond acceptors (Lipinski definition) is 4. The zero-order valence-corrected chi connectivity index (χ0v) is 15.5. The van der Waals surface area contributed by atoms with Gasteiger partial charge in [0.25, 0.3) is 5.56 Å². The summed E-state index contributed by atoms with van der Waals surface area (Å²) in [6, 6.07) is 15.4. The fourth-order valence-corrected chi connectivity index (χ4v) is 4.01. The summed E-state index contributed by atoms with van der Waals surface area (Å²) in [6.45, 7) is 2.34. The highest BCUT2D eigenvalue weighted by molar-refractivity contribution is 5.79. The van der Waals surface area contributed by atoms with Crippen molar-refractivity contribution in [3.05, 3.63) is 93.7 Å². The van der Waals surface area contributed by atoms with E-state index in [0.717, 1.165) is 37.3 Å². The Morgan fingerprint density at radius 3 is 2.96 bits per heavy atom. The lowest BCUT2D eigenvalue weighted by Crippen LogP contribution is -2.22. The molecule has 28 heavy (non-hydrogen) atoms. The summed E-state index contributed by atoms with van der Waals surface area (Å²) >= 11 is 0. The van der Waals surface area contributed by atoms with Crippen molar-refractivity contribution in [1.82, 2.24) is 14.9 Å². The second-order valence-electron chi connectivity index (χ2n) is 7.21. The molecule has 0 amide bonds. The average molecular weight is 371 g/mol. The third-order valence-electron chi connectivity index (χ3n) is 5.43. The van der Waals surface area contributed by atoms with Gasteiger partial charge in [-0.15, -0.1) is 0 Å². The highest BCUT2D eigenvalue weighted by Gasteiger charge is 2.23. The molecule has 0 saturated carbocycles. The zero-order chi connectivity index (χ0) is 18.9. The first-order valence-electron chi connectivity index (χ1n) is 9.59. The van der Waals surface area contributed by atoms with Gasteiger partial charge < -0.3 is 10.1 Å². The molecule has 0 saturated heterocycles. The Morgan fingerprint density at radius 1 is 1.14 bits per heavy atom. The molecule has 5 heteroatoms. The average Bonchev–Trinajstić information content (AvgIpc) is 3.11. The maximum Gasteiger partial charge on any atom is 0.258 e. The zero-order valence-electron chi connectivity index (χ0n) is 15.5. The summed E-state index contributed by atoms with van der Waals surface area (Å²) in [5.74, 6) is 0.552. The molecule has 1 aliphatic carbocycles. The van der Waals surface area contributed by atoms with Crippen molar-refractivity contribution in [2.24, 2.45) is 0 Å². The molecule has 5 nitrogen and oxygen atoms in total. The van der Waals surface area contributed by atoms with Crippen LogP contribution in [0.25, 0.3) is 11.3 Å².